The number of carbonyl (C=O) groups excluding carboxylic acids is 1. The molecule has 4 heteroatoms. The predicted octanol–water partition coefficient (Wildman–Crippen LogP) is 5.47. The fourth-order valence-corrected chi connectivity index (χ4v) is 2.35. The number of benzene rings is 2. The molecule has 2 aromatic carbocycles. The zero-order chi connectivity index (χ0) is 14.5. The first-order valence-corrected chi connectivity index (χ1v) is 7.21. The van der Waals surface area contributed by atoms with Gasteiger partial charge >= 0.3 is 0 Å². The van der Waals surface area contributed by atoms with Gasteiger partial charge in [0.05, 0.1) is 6.57 Å². The second-order valence-corrected chi connectivity index (χ2v) is 5.71. The number of Topliss-reactive ketones (excluding diaryl/α,β-unsaturated/α-hetero) is 1. The zero-order valence-electron chi connectivity index (χ0n) is 10.6. The van der Waals surface area contributed by atoms with Crippen LogP contribution >= 0.6 is 27.5 Å². The Morgan fingerprint density at radius 3 is 2.55 bits per heavy atom. The van der Waals surface area contributed by atoms with E-state index in [4.69, 9.17) is 18.2 Å². The van der Waals surface area contributed by atoms with E-state index in [9.17, 15) is 4.79 Å². The van der Waals surface area contributed by atoms with Gasteiger partial charge in [-0.05, 0) is 42.3 Å². The van der Waals surface area contributed by atoms with E-state index in [1.165, 1.54) is 0 Å². The lowest BCUT2D eigenvalue weighted by Crippen LogP contribution is -2.01. The predicted molar refractivity (Wildman–Crippen MR) is 84.5 cm³/mol. The first kappa shape index (κ1) is 14.8. The molecule has 2 aromatic rings. The molecule has 2 nitrogen and oxygen atoms in total. The fraction of sp³-hybridized carbons (Fsp3) is 0.125. The van der Waals surface area contributed by atoms with Crippen LogP contribution in [0.4, 0.5) is 5.69 Å². The van der Waals surface area contributed by atoms with Crippen LogP contribution in [0.3, 0.4) is 0 Å². The number of hydrogen-bond donors (Lipinski definition) is 0. The summed E-state index contributed by atoms with van der Waals surface area (Å²) in [5, 5.41) is 0.422. The number of carbonyl (C=O) groups is 1. The second kappa shape index (κ2) is 6.69. The summed E-state index contributed by atoms with van der Waals surface area (Å²) >= 11 is 9.28. The standard InChI is InChI=1S/C16H11BrClNO/c1-19-15-9-12(8-14(18)10-15)16(20)7-4-11-2-5-13(17)6-3-11/h2-3,5-6,8-10H,4,7H2. The largest absolute Gasteiger partial charge is 0.294 e. The van der Waals surface area contributed by atoms with E-state index in [0.29, 0.717) is 29.1 Å². The Labute approximate surface area is 131 Å². The molecular weight excluding hydrogens is 338 g/mol. The average molecular weight is 349 g/mol. The number of hydrogen-bond acceptors (Lipinski definition) is 1. The van der Waals surface area contributed by atoms with E-state index in [0.717, 1.165) is 10.0 Å². The van der Waals surface area contributed by atoms with Crippen molar-refractivity contribution in [1.29, 1.82) is 0 Å². The third kappa shape index (κ3) is 3.93. The summed E-state index contributed by atoms with van der Waals surface area (Å²) in [6.07, 6.45) is 1.07. The molecule has 0 atom stereocenters. The van der Waals surface area contributed by atoms with E-state index in [1.54, 1.807) is 18.2 Å². The third-order valence-corrected chi connectivity index (χ3v) is 3.63. The molecule has 0 aliphatic heterocycles. The Bertz CT molecular complexity index is 674. The van der Waals surface area contributed by atoms with Gasteiger partial charge in [0.1, 0.15) is 0 Å². The van der Waals surface area contributed by atoms with Crippen molar-refractivity contribution in [2.75, 3.05) is 0 Å². The molecule has 0 radical (unpaired) electrons. The highest BCUT2D eigenvalue weighted by atomic mass is 79.9. The Balaban J connectivity index is 2.07. The minimum Gasteiger partial charge on any atom is -0.294 e. The normalized spacial score (nSPS) is 10.1. The van der Waals surface area contributed by atoms with Crippen molar-refractivity contribution in [2.45, 2.75) is 12.8 Å². The molecule has 0 aliphatic rings. The molecule has 0 fully saturated rings. The molecule has 100 valence electrons. The van der Waals surface area contributed by atoms with E-state index in [2.05, 4.69) is 20.8 Å². The van der Waals surface area contributed by atoms with Gasteiger partial charge in [-0.15, -0.1) is 0 Å². The van der Waals surface area contributed by atoms with Crippen molar-refractivity contribution < 1.29 is 4.79 Å². The summed E-state index contributed by atoms with van der Waals surface area (Å²) < 4.78 is 1.02. The van der Waals surface area contributed by atoms with Crippen LogP contribution in [-0.2, 0) is 6.42 Å². The lowest BCUT2D eigenvalue weighted by atomic mass is 10.0. The van der Waals surface area contributed by atoms with Crippen molar-refractivity contribution in [3.8, 4) is 0 Å². The van der Waals surface area contributed by atoms with Crippen LogP contribution < -0.4 is 0 Å². The highest BCUT2D eigenvalue weighted by Gasteiger charge is 2.08. The Morgan fingerprint density at radius 1 is 1.20 bits per heavy atom. The molecular formula is C16H11BrClNO. The minimum absolute atomic E-state index is 0.000295. The highest BCUT2D eigenvalue weighted by Crippen LogP contribution is 2.23. The van der Waals surface area contributed by atoms with Gasteiger partial charge < -0.3 is 0 Å². The summed E-state index contributed by atoms with van der Waals surface area (Å²) in [5.41, 5.74) is 2.00. The average Bonchev–Trinajstić information content (AvgIpc) is 2.45. The van der Waals surface area contributed by atoms with Gasteiger partial charge in [0.2, 0.25) is 0 Å². The molecule has 0 aliphatic carbocycles. The molecule has 20 heavy (non-hydrogen) atoms. The SMILES string of the molecule is [C-]#[N+]c1cc(Cl)cc(C(=O)CCc2ccc(Br)cc2)c1. The van der Waals surface area contributed by atoms with Crippen LogP contribution in [0.1, 0.15) is 22.3 Å². The first-order chi connectivity index (χ1) is 9.58. The van der Waals surface area contributed by atoms with Gasteiger partial charge in [-0.25, -0.2) is 4.85 Å². The summed E-state index contributed by atoms with van der Waals surface area (Å²) in [6, 6.07) is 12.6. The van der Waals surface area contributed by atoms with Crippen LogP contribution in [0.15, 0.2) is 46.9 Å². The number of ketones is 1. The molecule has 2 rings (SSSR count). The monoisotopic (exact) mass is 347 g/mol. The molecule has 0 bridgehead atoms. The number of aryl methyl sites for hydroxylation is 1. The lowest BCUT2D eigenvalue weighted by molar-refractivity contribution is 0.0983. The van der Waals surface area contributed by atoms with Gasteiger partial charge in [0, 0.05) is 21.5 Å². The van der Waals surface area contributed by atoms with Crippen molar-refractivity contribution in [3.05, 3.63) is 74.5 Å². The van der Waals surface area contributed by atoms with Crippen LogP contribution in [0.25, 0.3) is 4.85 Å². The van der Waals surface area contributed by atoms with Gasteiger partial charge in [0.15, 0.2) is 11.5 Å². The van der Waals surface area contributed by atoms with Crippen LogP contribution in [0.2, 0.25) is 5.02 Å². The molecule has 0 saturated carbocycles. The van der Waals surface area contributed by atoms with Gasteiger partial charge in [-0.2, -0.15) is 0 Å². The summed E-state index contributed by atoms with van der Waals surface area (Å²) in [5.74, 6) is 0.000295. The molecule has 0 unspecified atom stereocenters. The summed E-state index contributed by atoms with van der Waals surface area (Å²) in [4.78, 5) is 15.4. The van der Waals surface area contributed by atoms with E-state index >= 15 is 0 Å². The first-order valence-electron chi connectivity index (χ1n) is 6.04. The van der Waals surface area contributed by atoms with Crippen molar-refractivity contribution in [2.24, 2.45) is 0 Å². The summed E-state index contributed by atoms with van der Waals surface area (Å²) in [7, 11) is 0. The van der Waals surface area contributed by atoms with Crippen molar-refractivity contribution in [1.82, 2.24) is 0 Å². The third-order valence-electron chi connectivity index (χ3n) is 2.89. The van der Waals surface area contributed by atoms with Gasteiger partial charge in [-0.1, -0.05) is 39.7 Å². The summed E-state index contributed by atoms with van der Waals surface area (Å²) in [6.45, 7) is 6.99. The Hall–Kier alpha value is -1.63. The molecule has 0 heterocycles. The second-order valence-electron chi connectivity index (χ2n) is 4.36. The molecule has 0 aromatic heterocycles. The van der Waals surface area contributed by atoms with Crippen molar-refractivity contribution in [3.63, 3.8) is 0 Å². The highest BCUT2D eigenvalue weighted by molar-refractivity contribution is 9.10. The van der Waals surface area contributed by atoms with Crippen LogP contribution in [0.5, 0.6) is 0 Å². The van der Waals surface area contributed by atoms with E-state index < -0.39 is 0 Å². The van der Waals surface area contributed by atoms with Gasteiger partial charge in [0.25, 0.3) is 0 Å². The molecule has 0 saturated heterocycles. The zero-order valence-corrected chi connectivity index (χ0v) is 12.9. The number of rotatable bonds is 4. The topological polar surface area (TPSA) is 21.4 Å². The van der Waals surface area contributed by atoms with Gasteiger partial charge in [-0.3, -0.25) is 4.79 Å². The lowest BCUT2D eigenvalue weighted by Gasteiger charge is -2.04. The van der Waals surface area contributed by atoms with Crippen LogP contribution in [0, 0.1) is 6.57 Å². The minimum atomic E-state index is 0.000295. The van der Waals surface area contributed by atoms with E-state index in [1.807, 2.05) is 24.3 Å². The Morgan fingerprint density at radius 2 is 1.90 bits per heavy atom. The maximum atomic E-state index is 12.1. The smallest absolute Gasteiger partial charge is 0.189 e. The Kier molecular flexibility index (Phi) is 4.94. The number of nitrogens with zero attached hydrogens (tertiary/aromatic N) is 1. The van der Waals surface area contributed by atoms with Crippen LogP contribution in [-0.4, -0.2) is 5.78 Å². The molecule has 0 amide bonds. The number of halogens is 2. The molecule has 0 spiro atoms. The quantitative estimate of drug-likeness (QED) is 0.530. The fourth-order valence-electron chi connectivity index (χ4n) is 1.85. The maximum absolute atomic E-state index is 12.1. The maximum Gasteiger partial charge on any atom is 0.189 e. The van der Waals surface area contributed by atoms with E-state index in [-0.39, 0.29) is 5.78 Å². The van der Waals surface area contributed by atoms with Crippen molar-refractivity contribution >= 4 is 39.0 Å². The molecule has 0 N–H and O–H groups in total.